The Hall–Kier alpha value is -1.40. The number of hydrogen-bond donors (Lipinski definition) is 1. The van der Waals surface area contributed by atoms with E-state index in [0.717, 1.165) is 39.2 Å². The van der Waals surface area contributed by atoms with Crippen molar-refractivity contribution in [3.05, 3.63) is 38.8 Å². The third-order valence-corrected chi connectivity index (χ3v) is 4.48. The van der Waals surface area contributed by atoms with Crippen molar-refractivity contribution < 1.29 is 0 Å². The van der Waals surface area contributed by atoms with Gasteiger partial charge in [0.15, 0.2) is 0 Å². The van der Waals surface area contributed by atoms with Crippen molar-refractivity contribution in [2.45, 2.75) is 19.9 Å². The van der Waals surface area contributed by atoms with Crippen LogP contribution in [0.1, 0.15) is 10.7 Å². The van der Waals surface area contributed by atoms with Gasteiger partial charge in [-0.1, -0.05) is 15.9 Å². The first-order valence-electron chi connectivity index (χ1n) is 5.96. The van der Waals surface area contributed by atoms with Crippen molar-refractivity contribution in [2.75, 3.05) is 5.73 Å². The molecule has 0 aliphatic rings. The average Bonchev–Trinajstić information content (AvgIpc) is 2.89. The van der Waals surface area contributed by atoms with Crippen LogP contribution in [0.5, 0.6) is 0 Å². The molecular formula is C13H13BrN4S. The van der Waals surface area contributed by atoms with Crippen LogP contribution in [0, 0.1) is 6.92 Å². The van der Waals surface area contributed by atoms with Gasteiger partial charge in [0.2, 0.25) is 5.95 Å². The molecule has 0 saturated carbocycles. The molecule has 0 radical (unpaired) electrons. The maximum absolute atomic E-state index is 5.99. The molecule has 19 heavy (non-hydrogen) atoms. The molecule has 0 unspecified atom stereocenters. The normalized spacial score (nSPS) is 11.3. The number of hydrogen-bond acceptors (Lipinski definition) is 4. The van der Waals surface area contributed by atoms with Crippen molar-refractivity contribution in [1.29, 1.82) is 0 Å². The Morgan fingerprint density at radius 2 is 2.21 bits per heavy atom. The fraction of sp³-hybridized carbons (Fsp3) is 0.231. The molecule has 2 heterocycles. The molecule has 2 aromatic heterocycles. The van der Waals surface area contributed by atoms with Gasteiger partial charge < -0.3 is 10.3 Å². The number of aryl methyl sites for hydroxylation is 3. The zero-order valence-corrected chi connectivity index (χ0v) is 12.8. The average molecular weight is 337 g/mol. The summed E-state index contributed by atoms with van der Waals surface area (Å²) in [6.45, 7) is 2.81. The SMILES string of the molecule is Cc1csc(CCn2c(N)nc3cc(Br)ccc32)n1. The molecule has 6 heteroatoms. The number of imidazole rings is 1. The number of anilines is 1. The van der Waals surface area contributed by atoms with Crippen LogP contribution in [-0.4, -0.2) is 14.5 Å². The van der Waals surface area contributed by atoms with E-state index in [1.54, 1.807) is 11.3 Å². The third kappa shape index (κ3) is 2.50. The van der Waals surface area contributed by atoms with Gasteiger partial charge in [-0.2, -0.15) is 0 Å². The first kappa shape index (κ1) is 12.6. The van der Waals surface area contributed by atoms with Crippen LogP contribution in [-0.2, 0) is 13.0 Å². The number of nitrogens with two attached hydrogens (primary N) is 1. The zero-order chi connectivity index (χ0) is 13.4. The molecule has 0 fully saturated rings. The summed E-state index contributed by atoms with van der Waals surface area (Å²) in [6, 6.07) is 6.03. The number of aromatic nitrogens is 3. The van der Waals surface area contributed by atoms with Crippen LogP contribution in [0.2, 0.25) is 0 Å². The molecule has 0 amide bonds. The van der Waals surface area contributed by atoms with Crippen LogP contribution in [0.15, 0.2) is 28.1 Å². The maximum Gasteiger partial charge on any atom is 0.201 e. The number of halogens is 1. The molecule has 0 saturated heterocycles. The predicted octanol–water partition coefficient (Wildman–Crippen LogP) is 3.39. The summed E-state index contributed by atoms with van der Waals surface area (Å²) in [7, 11) is 0. The second-order valence-corrected chi connectivity index (χ2v) is 6.25. The van der Waals surface area contributed by atoms with Gasteiger partial charge in [-0.3, -0.25) is 0 Å². The third-order valence-electron chi connectivity index (χ3n) is 2.96. The summed E-state index contributed by atoms with van der Waals surface area (Å²) < 4.78 is 3.05. The van der Waals surface area contributed by atoms with Crippen LogP contribution >= 0.6 is 27.3 Å². The first-order chi connectivity index (χ1) is 9.13. The van der Waals surface area contributed by atoms with Gasteiger partial charge in [0.25, 0.3) is 0 Å². The molecule has 2 N–H and O–H groups in total. The van der Waals surface area contributed by atoms with Gasteiger partial charge in [-0.05, 0) is 25.1 Å². The summed E-state index contributed by atoms with van der Waals surface area (Å²) in [5.41, 5.74) is 9.05. The first-order valence-corrected chi connectivity index (χ1v) is 7.63. The largest absolute Gasteiger partial charge is 0.369 e. The van der Waals surface area contributed by atoms with E-state index in [1.165, 1.54) is 0 Å². The molecule has 3 rings (SSSR count). The molecule has 0 aliphatic heterocycles. The molecule has 98 valence electrons. The van der Waals surface area contributed by atoms with Crippen molar-refractivity contribution in [3.8, 4) is 0 Å². The van der Waals surface area contributed by atoms with Crippen LogP contribution in [0.4, 0.5) is 5.95 Å². The smallest absolute Gasteiger partial charge is 0.201 e. The van der Waals surface area contributed by atoms with E-state index in [0.29, 0.717) is 5.95 Å². The highest BCUT2D eigenvalue weighted by atomic mass is 79.9. The Kier molecular flexibility index (Phi) is 3.28. The molecule has 0 spiro atoms. The minimum absolute atomic E-state index is 0.557. The van der Waals surface area contributed by atoms with Crippen molar-refractivity contribution >= 4 is 44.2 Å². The minimum atomic E-state index is 0.557. The van der Waals surface area contributed by atoms with Crippen LogP contribution in [0.3, 0.4) is 0 Å². The molecule has 0 bridgehead atoms. The van der Waals surface area contributed by atoms with E-state index in [-0.39, 0.29) is 0 Å². The second kappa shape index (κ2) is 4.94. The lowest BCUT2D eigenvalue weighted by atomic mass is 10.3. The van der Waals surface area contributed by atoms with Gasteiger partial charge in [0.1, 0.15) is 0 Å². The number of thiazole rings is 1. The van der Waals surface area contributed by atoms with Crippen molar-refractivity contribution in [1.82, 2.24) is 14.5 Å². The molecule has 3 aromatic rings. The zero-order valence-electron chi connectivity index (χ0n) is 10.4. The fourth-order valence-electron chi connectivity index (χ4n) is 2.08. The van der Waals surface area contributed by atoms with Crippen molar-refractivity contribution in [2.24, 2.45) is 0 Å². The highest BCUT2D eigenvalue weighted by Gasteiger charge is 2.09. The highest BCUT2D eigenvalue weighted by molar-refractivity contribution is 9.10. The molecule has 1 aromatic carbocycles. The standard InChI is InChI=1S/C13H13BrN4S/c1-8-7-19-12(16-8)4-5-18-11-3-2-9(14)6-10(11)17-13(18)15/h2-3,6-7H,4-5H2,1H3,(H2,15,17). The Morgan fingerprint density at radius 1 is 1.37 bits per heavy atom. The Labute approximate surface area is 123 Å². The van der Waals surface area contributed by atoms with Crippen molar-refractivity contribution in [3.63, 3.8) is 0 Å². The van der Waals surface area contributed by atoms with E-state index in [2.05, 4.69) is 31.3 Å². The Balaban J connectivity index is 1.90. The lowest BCUT2D eigenvalue weighted by Crippen LogP contribution is -2.05. The van der Waals surface area contributed by atoms with Crippen LogP contribution < -0.4 is 5.73 Å². The van der Waals surface area contributed by atoms with Gasteiger partial charge >= 0.3 is 0 Å². The summed E-state index contributed by atoms with van der Waals surface area (Å²) >= 11 is 5.14. The number of benzene rings is 1. The van der Waals surface area contributed by atoms with Gasteiger partial charge in [0, 0.05) is 28.5 Å². The van der Waals surface area contributed by atoms with E-state index in [4.69, 9.17) is 5.73 Å². The number of nitrogens with zero attached hydrogens (tertiary/aromatic N) is 3. The summed E-state index contributed by atoms with van der Waals surface area (Å²) in [4.78, 5) is 8.86. The molecule has 0 atom stereocenters. The predicted molar refractivity (Wildman–Crippen MR) is 82.4 cm³/mol. The summed E-state index contributed by atoms with van der Waals surface area (Å²) in [6.07, 6.45) is 0.879. The Morgan fingerprint density at radius 3 is 2.95 bits per heavy atom. The molecule has 0 aliphatic carbocycles. The number of rotatable bonds is 3. The van der Waals surface area contributed by atoms with E-state index in [1.807, 2.05) is 29.7 Å². The number of fused-ring (bicyclic) bond motifs is 1. The maximum atomic E-state index is 5.99. The topological polar surface area (TPSA) is 56.7 Å². The van der Waals surface area contributed by atoms with Gasteiger partial charge in [-0.15, -0.1) is 11.3 Å². The monoisotopic (exact) mass is 336 g/mol. The van der Waals surface area contributed by atoms with E-state index < -0.39 is 0 Å². The lowest BCUT2D eigenvalue weighted by molar-refractivity contribution is 0.721. The van der Waals surface area contributed by atoms with E-state index >= 15 is 0 Å². The summed E-state index contributed by atoms with van der Waals surface area (Å²) in [5, 5.41) is 3.21. The quantitative estimate of drug-likeness (QED) is 0.797. The second-order valence-electron chi connectivity index (χ2n) is 4.39. The fourth-order valence-corrected chi connectivity index (χ4v) is 3.20. The van der Waals surface area contributed by atoms with Gasteiger partial charge in [-0.25, -0.2) is 9.97 Å². The lowest BCUT2D eigenvalue weighted by Gasteiger charge is -2.04. The van der Waals surface area contributed by atoms with Crippen LogP contribution in [0.25, 0.3) is 11.0 Å². The number of nitrogen functional groups attached to an aromatic ring is 1. The minimum Gasteiger partial charge on any atom is -0.369 e. The van der Waals surface area contributed by atoms with E-state index in [9.17, 15) is 0 Å². The Bertz CT molecular complexity index is 731. The summed E-state index contributed by atoms with van der Waals surface area (Å²) in [5.74, 6) is 0.557. The molecular weight excluding hydrogens is 324 g/mol. The molecule has 4 nitrogen and oxygen atoms in total. The van der Waals surface area contributed by atoms with Gasteiger partial charge in [0.05, 0.1) is 16.0 Å². The highest BCUT2D eigenvalue weighted by Crippen LogP contribution is 2.22.